The van der Waals surface area contributed by atoms with E-state index in [9.17, 15) is 9.59 Å². The number of aromatic nitrogens is 2. The zero-order valence-electron chi connectivity index (χ0n) is 21.8. The van der Waals surface area contributed by atoms with Crippen LogP contribution in [0.2, 0.25) is 0 Å². The largest absolute Gasteiger partial charge is 0.474 e. The molecule has 0 unspecified atom stereocenters. The number of ether oxygens (including phenoxy) is 1. The first kappa shape index (κ1) is 16.0. The molecule has 1 aromatic carbocycles. The van der Waals surface area contributed by atoms with Crippen LogP contribution in [-0.2, 0) is 16.0 Å². The third kappa shape index (κ3) is 3.63. The number of rotatable bonds is 4. The van der Waals surface area contributed by atoms with E-state index < -0.39 is 25.2 Å². The number of amides is 2. The number of carbonyl (C=O) groups excluding carboxylic acids is 2. The molecule has 0 N–H and O–H groups in total. The van der Waals surface area contributed by atoms with Crippen LogP contribution < -0.4 is 14.5 Å². The summed E-state index contributed by atoms with van der Waals surface area (Å²) in [6, 6.07) is 12.6. The van der Waals surface area contributed by atoms with E-state index in [1.165, 1.54) is 0 Å². The molecule has 0 bridgehead atoms. The van der Waals surface area contributed by atoms with Gasteiger partial charge in [-0.1, -0.05) is 18.2 Å². The van der Waals surface area contributed by atoms with Crippen LogP contribution in [0.15, 0.2) is 54.9 Å². The maximum atomic E-state index is 12.4. The van der Waals surface area contributed by atoms with Gasteiger partial charge >= 0.3 is 0 Å². The molecular weight excluding hydrogens is 416 g/mol. The lowest BCUT2D eigenvalue weighted by Crippen LogP contribution is -2.40. The third-order valence-electron chi connectivity index (χ3n) is 6.23. The number of nitrogens with zero attached hydrogens (tertiary/aromatic N) is 4. The van der Waals surface area contributed by atoms with Crippen LogP contribution in [0.25, 0.3) is 11.1 Å². The van der Waals surface area contributed by atoms with Gasteiger partial charge in [-0.25, -0.2) is 4.98 Å². The van der Waals surface area contributed by atoms with Crippen LogP contribution in [0.4, 0.5) is 11.4 Å². The first-order valence-corrected chi connectivity index (χ1v) is 11.0. The number of pyridine rings is 2. The van der Waals surface area contributed by atoms with E-state index in [-0.39, 0.29) is 11.9 Å². The Bertz CT molecular complexity index is 1400. The lowest BCUT2D eigenvalue weighted by Gasteiger charge is -2.31. The first-order valence-electron chi connectivity index (χ1n) is 13.0. The Labute approximate surface area is 197 Å². The average molecular weight is 445 g/mol. The van der Waals surface area contributed by atoms with Crippen molar-refractivity contribution in [3.05, 3.63) is 66.1 Å². The number of carbonyl (C=O) groups is 2. The summed E-state index contributed by atoms with van der Waals surface area (Å²) >= 11 is 0. The summed E-state index contributed by atoms with van der Waals surface area (Å²) in [5.74, 6) is 0.00872. The van der Waals surface area contributed by atoms with Crippen LogP contribution in [-0.4, -0.2) is 40.9 Å². The number of hydrogen-bond donors (Lipinski definition) is 0. The van der Waals surface area contributed by atoms with Gasteiger partial charge in [-0.3, -0.25) is 14.6 Å². The Hall–Kier alpha value is -3.74. The van der Waals surface area contributed by atoms with E-state index in [0.717, 1.165) is 39.4 Å². The molecule has 3 aliphatic rings. The molecule has 7 nitrogen and oxygen atoms in total. The van der Waals surface area contributed by atoms with Crippen molar-refractivity contribution >= 4 is 23.2 Å². The van der Waals surface area contributed by atoms with E-state index >= 15 is 0 Å². The fourth-order valence-corrected chi connectivity index (χ4v) is 4.53. The summed E-state index contributed by atoms with van der Waals surface area (Å²) in [5, 5.41) is 0. The smallest absolute Gasteiger partial charge is 0.238 e. The van der Waals surface area contributed by atoms with Crippen LogP contribution in [0.5, 0.6) is 5.88 Å². The standard InChI is InChI=1S/C26H24N4O3/c31-24-2-1-11-29(24)21-7-4-18(5-8-21)19-3-6-20(27-15-19)12-17-13-23-26(28-14-17)33-16-22-9-10-25(32)30(22)23/h3-8,13-15,22H,1-2,9-12,16H2/t22-/m0/s1/i1D2,11D2. The minimum atomic E-state index is -2.42. The SMILES string of the molecule is [2H]C1([2H])CC(=O)N(c2ccc(-c3ccc(Cc4cnc5c(c4)N4C(=O)CC[C@H]4CO5)nc3)cc2)C1([2H])[2H]. The minimum Gasteiger partial charge on any atom is -0.474 e. The minimum absolute atomic E-state index is 0.0737. The maximum Gasteiger partial charge on any atom is 0.238 e. The molecule has 2 fully saturated rings. The van der Waals surface area contributed by atoms with Crippen LogP contribution >= 0.6 is 0 Å². The van der Waals surface area contributed by atoms with E-state index in [1.807, 2.05) is 23.1 Å². The van der Waals surface area contributed by atoms with Gasteiger partial charge in [-0.05, 0) is 48.2 Å². The summed E-state index contributed by atoms with van der Waals surface area (Å²) in [5.41, 5.74) is 4.49. The fraction of sp³-hybridized carbons (Fsp3) is 0.308. The highest BCUT2D eigenvalue weighted by Crippen LogP contribution is 2.38. The number of fused-ring (bicyclic) bond motifs is 3. The van der Waals surface area contributed by atoms with Gasteiger partial charge in [0.05, 0.1) is 6.04 Å². The van der Waals surface area contributed by atoms with Crippen molar-refractivity contribution in [2.75, 3.05) is 22.9 Å². The Morgan fingerprint density at radius 2 is 1.85 bits per heavy atom. The molecule has 2 saturated heterocycles. The highest BCUT2D eigenvalue weighted by molar-refractivity contribution is 5.98. The molecule has 2 aromatic heterocycles. The van der Waals surface area contributed by atoms with E-state index in [4.69, 9.17) is 10.2 Å². The summed E-state index contributed by atoms with van der Waals surface area (Å²) in [7, 11) is 0. The van der Waals surface area contributed by atoms with E-state index in [2.05, 4.69) is 9.97 Å². The molecule has 3 aromatic rings. The molecule has 0 radical (unpaired) electrons. The second-order valence-electron chi connectivity index (χ2n) is 8.39. The van der Waals surface area contributed by atoms with Crippen molar-refractivity contribution in [1.82, 2.24) is 9.97 Å². The summed E-state index contributed by atoms with van der Waals surface area (Å²) in [6.07, 6.45) is 2.61. The monoisotopic (exact) mass is 444 g/mol. The molecule has 3 aliphatic heterocycles. The molecule has 0 aliphatic carbocycles. The Kier molecular flexibility index (Phi) is 3.87. The summed E-state index contributed by atoms with van der Waals surface area (Å²) < 4.78 is 37.7. The average Bonchev–Trinajstić information content (AvgIpc) is 3.32. The van der Waals surface area contributed by atoms with Crippen LogP contribution in [0.3, 0.4) is 0 Å². The summed E-state index contributed by atoms with van der Waals surface area (Å²) in [6.45, 7) is -1.94. The zero-order chi connectivity index (χ0) is 25.9. The van der Waals surface area contributed by atoms with Gasteiger partial charge in [0, 0.05) is 60.6 Å². The van der Waals surface area contributed by atoms with Crippen LogP contribution in [0.1, 0.15) is 42.4 Å². The second kappa shape index (κ2) is 7.99. The van der Waals surface area contributed by atoms with E-state index in [1.54, 1.807) is 36.7 Å². The van der Waals surface area contributed by atoms with Gasteiger partial charge in [0.15, 0.2) is 0 Å². The maximum absolute atomic E-state index is 12.4. The molecule has 1 atom stereocenters. The fourth-order valence-electron chi connectivity index (χ4n) is 4.53. The highest BCUT2D eigenvalue weighted by Gasteiger charge is 2.38. The lowest BCUT2D eigenvalue weighted by molar-refractivity contribution is -0.118. The summed E-state index contributed by atoms with van der Waals surface area (Å²) in [4.78, 5) is 36.4. The Morgan fingerprint density at radius 1 is 1.00 bits per heavy atom. The van der Waals surface area contributed by atoms with Gasteiger partial charge < -0.3 is 14.5 Å². The molecule has 33 heavy (non-hydrogen) atoms. The van der Waals surface area contributed by atoms with Crippen LogP contribution in [0, 0.1) is 0 Å². The quantitative estimate of drug-likeness (QED) is 0.613. The van der Waals surface area contributed by atoms with E-state index in [0.29, 0.717) is 31.0 Å². The van der Waals surface area contributed by atoms with Gasteiger partial charge in [0.2, 0.25) is 17.7 Å². The predicted molar refractivity (Wildman–Crippen MR) is 124 cm³/mol. The molecule has 166 valence electrons. The Morgan fingerprint density at radius 3 is 2.61 bits per heavy atom. The molecule has 5 heterocycles. The zero-order valence-corrected chi connectivity index (χ0v) is 17.8. The Balaban J connectivity index is 1.18. The third-order valence-corrected chi connectivity index (χ3v) is 6.23. The normalized spacial score (nSPS) is 24.3. The molecular formula is C26H24N4O3. The molecule has 0 saturated carbocycles. The van der Waals surface area contributed by atoms with Gasteiger partial charge in [-0.2, -0.15) is 0 Å². The molecule has 6 rings (SSSR count). The molecule has 0 spiro atoms. The number of anilines is 2. The first-order chi connectivity index (χ1) is 17.6. The van der Waals surface area contributed by atoms with Gasteiger partial charge in [0.25, 0.3) is 0 Å². The van der Waals surface area contributed by atoms with Crippen molar-refractivity contribution < 1.29 is 19.8 Å². The van der Waals surface area contributed by atoms with Gasteiger partial charge in [-0.15, -0.1) is 0 Å². The predicted octanol–water partition coefficient (Wildman–Crippen LogP) is 3.75. The van der Waals surface area contributed by atoms with Crippen molar-refractivity contribution in [1.29, 1.82) is 0 Å². The number of hydrogen-bond acceptors (Lipinski definition) is 5. The van der Waals surface area contributed by atoms with Crippen molar-refractivity contribution in [3.63, 3.8) is 0 Å². The van der Waals surface area contributed by atoms with Crippen molar-refractivity contribution in [2.24, 2.45) is 0 Å². The highest BCUT2D eigenvalue weighted by atomic mass is 16.5. The number of benzene rings is 1. The second-order valence-corrected chi connectivity index (χ2v) is 8.39. The van der Waals surface area contributed by atoms with Crippen molar-refractivity contribution in [2.45, 2.75) is 38.1 Å². The molecule has 7 heteroatoms. The van der Waals surface area contributed by atoms with Gasteiger partial charge in [0.1, 0.15) is 12.3 Å². The topological polar surface area (TPSA) is 75.6 Å². The lowest BCUT2D eigenvalue weighted by atomic mass is 10.1. The van der Waals surface area contributed by atoms with Crippen molar-refractivity contribution in [3.8, 4) is 17.0 Å². The molecule has 2 amide bonds.